The monoisotopic (exact) mass is 436 g/mol. The Labute approximate surface area is 178 Å². The number of ether oxygens (including phenoxy) is 1. The summed E-state index contributed by atoms with van der Waals surface area (Å²) in [4.78, 5) is 15.4. The minimum absolute atomic E-state index is 0. The fourth-order valence-corrected chi connectivity index (χ4v) is 3.71. The number of nitrogens with zero attached hydrogens (tertiary/aromatic N) is 2. The van der Waals surface area contributed by atoms with Crippen LogP contribution >= 0.6 is 24.0 Å². The maximum Gasteiger partial charge on any atom is 0.307 e. The van der Waals surface area contributed by atoms with Crippen LogP contribution in [0.25, 0.3) is 0 Å². The normalized spacial score (nSPS) is 17.4. The third-order valence-corrected chi connectivity index (χ3v) is 5.05. The Morgan fingerprint density at radius 3 is 2.82 bits per heavy atom. The van der Waals surface area contributed by atoms with Gasteiger partial charge in [-0.15, -0.1) is 12.4 Å². The number of carboxylic acid groups (broad SMARTS) is 1. The summed E-state index contributed by atoms with van der Waals surface area (Å²) in [6.45, 7) is 9.10. The third kappa shape index (κ3) is 8.11. The predicted octanol–water partition coefficient (Wildman–Crippen LogP) is 4.18. The fraction of sp³-hybridized carbons (Fsp3) is 0.650. The number of rotatable bonds is 10. The first-order valence-corrected chi connectivity index (χ1v) is 9.97. The van der Waals surface area contributed by atoms with Crippen LogP contribution in [0, 0.1) is 17.7 Å². The summed E-state index contributed by atoms with van der Waals surface area (Å²) in [5, 5.41) is 9.55. The van der Waals surface area contributed by atoms with Crippen molar-refractivity contribution in [2.45, 2.75) is 26.7 Å². The summed E-state index contributed by atoms with van der Waals surface area (Å²) >= 11 is 6.21. The zero-order valence-electron chi connectivity index (χ0n) is 16.6. The van der Waals surface area contributed by atoms with Gasteiger partial charge in [-0.1, -0.05) is 25.4 Å². The molecule has 28 heavy (non-hydrogen) atoms. The molecule has 1 aliphatic rings. The lowest BCUT2D eigenvalue weighted by Gasteiger charge is -2.30. The van der Waals surface area contributed by atoms with Crippen LogP contribution in [0.5, 0.6) is 0 Å². The van der Waals surface area contributed by atoms with E-state index in [1.54, 1.807) is 6.07 Å². The minimum Gasteiger partial charge on any atom is -0.481 e. The maximum absolute atomic E-state index is 13.3. The number of halogens is 3. The van der Waals surface area contributed by atoms with Crippen molar-refractivity contribution in [3.8, 4) is 0 Å². The van der Waals surface area contributed by atoms with E-state index in [0.717, 1.165) is 38.2 Å². The number of hydrogen-bond donors (Lipinski definition) is 1. The summed E-state index contributed by atoms with van der Waals surface area (Å²) in [6.07, 6.45) is 1.68. The van der Waals surface area contributed by atoms with Gasteiger partial charge in [0, 0.05) is 26.2 Å². The molecule has 5 nitrogen and oxygen atoms in total. The van der Waals surface area contributed by atoms with Crippen LogP contribution in [-0.4, -0.2) is 61.9 Å². The SMILES string of the molecule is CC(C)CN(CCOCCN1CCC[C@@H](C(=O)O)C1)c1ccc(F)cc1Cl.Cl. The van der Waals surface area contributed by atoms with Gasteiger partial charge in [0.1, 0.15) is 5.82 Å². The Balaban J connectivity index is 0.00000392. The largest absolute Gasteiger partial charge is 0.481 e. The van der Waals surface area contributed by atoms with Crippen LogP contribution in [0.3, 0.4) is 0 Å². The highest BCUT2D eigenvalue weighted by Crippen LogP contribution is 2.27. The quantitative estimate of drug-likeness (QED) is 0.557. The van der Waals surface area contributed by atoms with E-state index in [1.165, 1.54) is 12.1 Å². The number of carbonyl (C=O) groups is 1. The van der Waals surface area contributed by atoms with Crippen LogP contribution in [0.15, 0.2) is 18.2 Å². The second-order valence-corrected chi connectivity index (χ2v) is 7.93. The standard InChI is InChI=1S/C20H30ClFN2O3.ClH/c1-15(2)13-24(19-6-5-17(22)12-18(19)21)9-11-27-10-8-23-7-3-4-16(14-23)20(25)26;/h5-6,12,15-16H,3-4,7-11,13-14H2,1-2H3,(H,25,26);1H/t16-;/m1./s1. The molecule has 1 fully saturated rings. The molecular weight excluding hydrogens is 406 g/mol. The third-order valence-electron chi connectivity index (χ3n) is 4.75. The van der Waals surface area contributed by atoms with Gasteiger partial charge in [0.25, 0.3) is 0 Å². The van der Waals surface area contributed by atoms with E-state index in [4.69, 9.17) is 21.4 Å². The topological polar surface area (TPSA) is 53.0 Å². The van der Waals surface area contributed by atoms with Crippen molar-refractivity contribution in [1.82, 2.24) is 4.90 Å². The van der Waals surface area contributed by atoms with Crippen molar-refractivity contribution in [3.63, 3.8) is 0 Å². The number of likely N-dealkylation sites (tertiary alicyclic amines) is 1. The molecule has 1 atom stereocenters. The first-order chi connectivity index (χ1) is 12.9. The molecule has 0 unspecified atom stereocenters. The number of aliphatic carboxylic acids is 1. The zero-order chi connectivity index (χ0) is 19.8. The molecule has 1 aliphatic heterocycles. The number of hydrogen-bond acceptors (Lipinski definition) is 4. The van der Waals surface area contributed by atoms with E-state index in [-0.39, 0.29) is 24.1 Å². The van der Waals surface area contributed by atoms with E-state index in [0.29, 0.717) is 37.2 Å². The Kier molecular flexibility index (Phi) is 11.1. The zero-order valence-corrected chi connectivity index (χ0v) is 18.1. The highest BCUT2D eigenvalue weighted by molar-refractivity contribution is 6.33. The molecule has 1 aromatic carbocycles. The molecule has 0 aromatic heterocycles. The van der Waals surface area contributed by atoms with E-state index < -0.39 is 5.97 Å². The van der Waals surface area contributed by atoms with E-state index >= 15 is 0 Å². The van der Waals surface area contributed by atoms with Crippen molar-refractivity contribution < 1.29 is 19.0 Å². The molecule has 2 rings (SSSR count). The predicted molar refractivity (Wildman–Crippen MR) is 113 cm³/mol. The van der Waals surface area contributed by atoms with Gasteiger partial charge in [0.15, 0.2) is 0 Å². The Morgan fingerprint density at radius 1 is 1.43 bits per heavy atom. The van der Waals surface area contributed by atoms with Crippen LogP contribution in [0.4, 0.5) is 10.1 Å². The van der Waals surface area contributed by atoms with Crippen LogP contribution in [0.2, 0.25) is 5.02 Å². The minimum atomic E-state index is -0.707. The second-order valence-electron chi connectivity index (χ2n) is 7.53. The summed E-state index contributed by atoms with van der Waals surface area (Å²) in [5.41, 5.74) is 0.815. The molecule has 1 aromatic rings. The molecule has 1 saturated heterocycles. The van der Waals surface area contributed by atoms with Gasteiger partial charge in [0.05, 0.1) is 29.8 Å². The number of anilines is 1. The maximum atomic E-state index is 13.3. The van der Waals surface area contributed by atoms with E-state index in [9.17, 15) is 9.18 Å². The number of piperidine rings is 1. The van der Waals surface area contributed by atoms with Crippen molar-refractivity contribution in [2.24, 2.45) is 11.8 Å². The van der Waals surface area contributed by atoms with Gasteiger partial charge >= 0.3 is 5.97 Å². The van der Waals surface area contributed by atoms with Gasteiger partial charge < -0.3 is 19.6 Å². The van der Waals surface area contributed by atoms with E-state index in [1.807, 2.05) is 0 Å². The van der Waals surface area contributed by atoms with Crippen molar-refractivity contribution >= 4 is 35.7 Å². The molecule has 0 spiro atoms. The highest BCUT2D eigenvalue weighted by Gasteiger charge is 2.24. The average molecular weight is 437 g/mol. The molecule has 0 aliphatic carbocycles. The number of benzene rings is 1. The average Bonchev–Trinajstić information content (AvgIpc) is 2.60. The Hall–Kier alpha value is -1.08. The Bertz CT molecular complexity index is 619. The molecule has 0 amide bonds. The molecular formula is C20H31Cl2FN2O3. The summed E-state index contributed by atoms with van der Waals surface area (Å²) < 4.78 is 19.1. The van der Waals surface area contributed by atoms with E-state index in [2.05, 4.69) is 23.6 Å². The Morgan fingerprint density at radius 2 is 2.18 bits per heavy atom. The second kappa shape index (κ2) is 12.5. The molecule has 8 heteroatoms. The first kappa shape index (κ1) is 25.0. The van der Waals surface area contributed by atoms with Crippen LogP contribution in [-0.2, 0) is 9.53 Å². The number of carboxylic acids is 1. The molecule has 160 valence electrons. The molecule has 0 bridgehead atoms. The lowest BCUT2D eigenvalue weighted by Crippen LogP contribution is -2.40. The smallest absolute Gasteiger partial charge is 0.307 e. The van der Waals surface area contributed by atoms with Crippen molar-refractivity contribution in [3.05, 3.63) is 29.0 Å². The molecule has 1 N–H and O–H groups in total. The molecule has 0 radical (unpaired) electrons. The summed E-state index contributed by atoms with van der Waals surface area (Å²) in [6, 6.07) is 4.46. The van der Waals surface area contributed by atoms with Crippen molar-refractivity contribution in [2.75, 3.05) is 50.8 Å². The van der Waals surface area contributed by atoms with Crippen LogP contribution < -0.4 is 4.90 Å². The van der Waals surface area contributed by atoms with Gasteiger partial charge in [-0.2, -0.15) is 0 Å². The van der Waals surface area contributed by atoms with Crippen molar-refractivity contribution in [1.29, 1.82) is 0 Å². The summed E-state index contributed by atoms with van der Waals surface area (Å²) in [5.74, 6) is -0.875. The fourth-order valence-electron chi connectivity index (χ4n) is 3.42. The van der Waals surface area contributed by atoms with Gasteiger partial charge in [-0.3, -0.25) is 4.79 Å². The molecule has 0 saturated carbocycles. The summed E-state index contributed by atoms with van der Waals surface area (Å²) in [7, 11) is 0. The van der Waals surface area contributed by atoms with Gasteiger partial charge in [-0.25, -0.2) is 4.39 Å². The lowest BCUT2D eigenvalue weighted by molar-refractivity contribution is -0.143. The van der Waals surface area contributed by atoms with Gasteiger partial charge in [-0.05, 0) is 43.5 Å². The first-order valence-electron chi connectivity index (χ1n) is 9.59. The van der Waals surface area contributed by atoms with Crippen LogP contribution in [0.1, 0.15) is 26.7 Å². The molecule has 1 heterocycles. The highest BCUT2D eigenvalue weighted by atomic mass is 35.5. The van der Waals surface area contributed by atoms with Gasteiger partial charge in [0.2, 0.25) is 0 Å². The lowest BCUT2D eigenvalue weighted by atomic mass is 9.98.